The van der Waals surface area contributed by atoms with Crippen molar-refractivity contribution in [3.8, 4) is 0 Å². The largest absolute Gasteiger partial charge is 0.337 e. The Labute approximate surface area is 174 Å². The number of rotatable bonds is 4. The molecule has 2 aliphatic rings. The topological polar surface area (TPSA) is 91.0 Å². The van der Waals surface area contributed by atoms with Gasteiger partial charge in [-0.3, -0.25) is 9.59 Å². The molecule has 4 atom stereocenters. The maximum Gasteiger partial charge on any atom is 0.289 e. The number of para-hydroxylation sites is 1. The average molecular weight is 401 g/mol. The first-order valence-electron chi connectivity index (χ1n) is 10.2. The number of carbonyl (C=O) groups is 2. The molecule has 2 amide bonds. The molecule has 7 nitrogen and oxygen atoms in total. The summed E-state index contributed by atoms with van der Waals surface area (Å²) in [6.45, 7) is 2.14. The van der Waals surface area contributed by atoms with Crippen molar-refractivity contribution in [2.75, 3.05) is 11.9 Å². The molecule has 1 aromatic heterocycles. The van der Waals surface area contributed by atoms with Crippen LogP contribution in [0, 0.1) is 11.8 Å². The van der Waals surface area contributed by atoms with E-state index in [0.717, 1.165) is 11.3 Å². The van der Waals surface area contributed by atoms with Crippen molar-refractivity contribution in [2.45, 2.75) is 25.3 Å². The lowest BCUT2D eigenvalue weighted by molar-refractivity contribution is -0.120. The lowest BCUT2D eigenvalue weighted by Crippen LogP contribution is -2.49. The van der Waals surface area contributed by atoms with Gasteiger partial charge in [-0.1, -0.05) is 55.5 Å². The zero-order chi connectivity index (χ0) is 20.8. The van der Waals surface area contributed by atoms with Gasteiger partial charge >= 0.3 is 0 Å². The molecule has 2 heterocycles. The van der Waals surface area contributed by atoms with Crippen molar-refractivity contribution in [3.63, 3.8) is 0 Å². The van der Waals surface area contributed by atoms with E-state index < -0.39 is 11.9 Å². The number of fused-ring (bicyclic) bond motifs is 3. The number of likely N-dealkylation sites (N-methyl/N-ethyl adjacent to an activating group) is 1. The normalized spacial score (nSPS) is 24.6. The zero-order valence-electron chi connectivity index (χ0n) is 16.9. The van der Waals surface area contributed by atoms with E-state index in [1.807, 2.05) is 48.5 Å². The lowest BCUT2D eigenvalue weighted by Gasteiger charge is -2.24. The van der Waals surface area contributed by atoms with Crippen molar-refractivity contribution in [3.05, 3.63) is 77.4 Å². The van der Waals surface area contributed by atoms with Gasteiger partial charge in [0.15, 0.2) is 0 Å². The second-order valence-corrected chi connectivity index (χ2v) is 8.15. The van der Waals surface area contributed by atoms with Crippen LogP contribution in [-0.4, -0.2) is 40.1 Å². The summed E-state index contributed by atoms with van der Waals surface area (Å²) in [5.74, 6) is 0.915. The van der Waals surface area contributed by atoms with Crippen LogP contribution < -0.4 is 10.2 Å². The van der Waals surface area contributed by atoms with Crippen LogP contribution in [0.2, 0.25) is 0 Å². The summed E-state index contributed by atoms with van der Waals surface area (Å²) < 4.78 is 0. The number of hydrogen-bond acceptors (Lipinski definition) is 4. The third-order valence-corrected chi connectivity index (χ3v) is 6.34. The summed E-state index contributed by atoms with van der Waals surface area (Å²) in [7, 11) is 1.77. The van der Waals surface area contributed by atoms with Gasteiger partial charge < -0.3 is 15.2 Å². The van der Waals surface area contributed by atoms with Gasteiger partial charge in [-0.15, -0.1) is 10.2 Å². The van der Waals surface area contributed by atoms with Crippen LogP contribution >= 0.6 is 0 Å². The molecule has 0 bridgehead atoms. The van der Waals surface area contributed by atoms with Gasteiger partial charge in [0, 0.05) is 19.2 Å². The number of nitrogens with zero attached hydrogens (tertiary/aromatic N) is 3. The summed E-state index contributed by atoms with van der Waals surface area (Å²) >= 11 is 0. The second-order valence-electron chi connectivity index (χ2n) is 8.15. The Morgan fingerprint density at radius 3 is 2.63 bits per heavy atom. The third-order valence-electron chi connectivity index (χ3n) is 6.34. The minimum atomic E-state index is -0.586. The number of benzene rings is 2. The van der Waals surface area contributed by atoms with Crippen LogP contribution in [0.5, 0.6) is 0 Å². The van der Waals surface area contributed by atoms with Gasteiger partial charge in [0.25, 0.3) is 5.91 Å². The molecule has 1 aliphatic carbocycles. The van der Waals surface area contributed by atoms with Gasteiger partial charge in [-0.05, 0) is 34.9 Å². The molecule has 1 fully saturated rings. The van der Waals surface area contributed by atoms with Gasteiger partial charge in [-0.2, -0.15) is 0 Å². The predicted octanol–water partition coefficient (Wildman–Crippen LogP) is 2.52. The highest BCUT2D eigenvalue weighted by molar-refractivity contribution is 6.03. The van der Waals surface area contributed by atoms with Crippen LogP contribution in [0.1, 0.15) is 40.4 Å². The van der Waals surface area contributed by atoms with Crippen molar-refractivity contribution in [1.29, 1.82) is 0 Å². The molecule has 0 radical (unpaired) electrons. The number of anilines is 1. The average Bonchev–Trinajstić information content (AvgIpc) is 3.21. The van der Waals surface area contributed by atoms with Gasteiger partial charge in [-0.25, -0.2) is 0 Å². The smallest absolute Gasteiger partial charge is 0.289 e. The van der Waals surface area contributed by atoms with Gasteiger partial charge in [0.05, 0.1) is 0 Å². The number of aromatic nitrogens is 3. The van der Waals surface area contributed by atoms with E-state index >= 15 is 0 Å². The predicted molar refractivity (Wildman–Crippen MR) is 112 cm³/mol. The summed E-state index contributed by atoms with van der Waals surface area (Å²) in [6, 6.07) is 17.3. The summed E-state index contributed by atoms with van der Waals surface area (Å²) in [6.07, 6.45) is 0.559. The molecule has 1 aliphatic heterocycles. The maximum absolute atomic E-state index is 13.2. The number of aromatic amines is 1. The van der Waals surface area contributed by atoms with Crippen molar-refractivity contribution in [1.82, 2.24) is 20.5 Å². The minimum absolute atomic E-state index is 0.0826. The molecule has 0 spiro atoms. The summed E-state index contributed by atoms with van der Waals surface area (Å²) in [4.78, 5) is 30.7. The van der Waals surface area contributed by atoms with E-state index in [0.29, 0.717) is 18.2 Å². The fourth-order valence-corrected chi connectivity index (χ4v) is 4.70. The molecule has 7 heteroatoms. The Morgan fingerprint density at radius 2 is 1.83 bits per heavy atom. The molecule has 0 unspecified atom stereocenters. The van der Waals surface area contributed by atoms with Gasteiger partial charge in [0.2, 0.25) is 11.7 Å². The maximum atomic E-state index is 13.2. The van der Waals surface area contributed by atoms with E-state index in [1.165, 1.54) is 5.56 Å². The van der Waals surface area contributed by atoms with E-state index in [4.69, 9.17) is 0 Å². The molecular formula is C23H23N5O2. The molecule has 0 saturated heterocycles. The van der Waals surface area contributed by atoms with Crippen LogP contribution in [0.4, 0.5) is 5.69 Å². The Balaban J connectivity index is 1.35. The van der Waals surface area contributed by atoms with Crippen LogP contribution in [0.3, 0.4) is 0 Å². The monoisotopic (exact) mass is 401 g/mol. The van der Waals surface area contributed by atoms with Crippen LogP contribution in [0.25, 0.3) is 0 Å². The molecule has 30 heavy (non-hydrogen) atoms. The molecule has 1 saturated carbocycles. The highest BCUT2D eigenvalue weighted by atomic mass is 16.2. The standard InChI is InChI=1S/C23H23N5O2/c1-13-18-15-10-6-7-11-16(15)28(2)23(30)20(19(13)18)25-22(29)21-24-17(26-27-21)12-14-8-4-3-5-9-14/h3-11,13,18-20H,12H2,1-2H3,(H,25,29)(H,24,26,27)/t13-,18-,19-,20-/m0/s1. The summed E-state index contributed by atoms with van der Waals surface area (Å²) in [5, 5.41) is 11.0. The lowest BCUT2D eigenvalue weighted by atomic mass is 10.1. The van der Waals surface area contributed by atoms with Gasteiger partial charge in [0.1, 0.15) is 11.9 Å². The molecule has 3 aromatic rings. The van der Waals surface area contributed by atoms with E-state index in [2.05, 4.69) is 33.5 Å². The molecule has 152 valence electrons. The number of carbonyl (C=O) groups excluding carboxylic acids is 2. The quantitative estimate of drug-likeness (QED) is 0.703. The van der Waals surface area contributed by atoms with Crippen molar-refractivity contribution >= 4 is 17.5 Å². The second kappa shape index (κ2) is 7.09. The number of hydrogen-bond donors (Lipinski definition) is 2. The Bertz CT molecular complexity index is 1110. The van der Waals surface area contributed by atoms with Crippen LogP contribution in [-0.2, 0) is 11.2 Å². The first kappa shape index (κ1) is 18.5. The molecule has 2 N–H and O–H groups in total. The fraction of sp³-hybridized carbons (Fsp3) is 0.304. The SMILES string of the molecule is C[C@H]1[C@H]2c3ccccc3N(C)C(=O)[C@@H](NC(=O)c3nnc(Cc4ccccc4)[nH]3)[C@@H]12. The Morgan fingerprint density at radius 1 is 1.10 bits per heavy atom. The van der Waals surface area contributed by atoms with Crippen molar-refractivity contribution < 1.29 is 9.59 Å². The Kier molecular flexibility index (Phi) is 4.38. The summed E-state index contributed by atoms with van der Waals surface area (Å²) in [5.41, 5.74) is 3.17. The number of H-pyrrole nitrogens is 1. The highest BCUT2D eigenvalue weighted by Crippen LogP contribution is 2.59. The molecular weight excluding hydrogens is 378 g/mol. The number of nitrogens with one attached hydrogen (secondary N) is 2. The van der Waals surface area contributed by atoms with E-state index in [-0.39, 0.29) is 23.6 Å². The Hall–Kier alpha value is -3.48. The molecule has 2 aromatic carbocycles. The number of amides is 2. The first-order valence-corrected chi connectivity index (χ1v) is 10.2. The van der Waals surface area contributed by atoms with Crippen molar-refractivity contribution in [2.24, 2.45) is 11.8 Å². The minimum Gasteiger partial charge on any atom is -0.337 e. The zero-order valence-corrected chi connectivity index (χ0v) is 16.9. The van der Waals surface area contributed by atoms with Crippen LogP contribution in [0.15, 0.2) is 54.6 Å². The molecule has 5 rings (SSSR count). The van der Waals surface area contributed by atoms with E-state index in [1.54, 1.807) is 11.9 Å². The highest BCUT2D eigenvalue weighted by Gasteiger charge is 2.57. The fourth-order valence-electron chi connectivity index (χ4n) is 4.70. The first-order chi connectivity index (χ1) is 14.5. The third kappa shape index (κ3) is 3.07. The van der Waals surface area contributed by atoms with E-state index in [9.17, 15) is 9.59 Å².